The van der Waals surface area contributed by atoms with E-state index in [1.165, 1.54) is 41.3 Å². The summed E-state index contributed by atoms with van der Waals surface area (Å²) in [6.45, 7) is 4.51. The zero-order valence-corrected chi connectivity index (χ0v) is 12.8. The predicted molar refractivity (Wildman–Crippen MR) is 80.1 cm³/mol. The van der Waals surface area contributed by atoms with Crippen molar-refractivity contribution >= 4 is 15.9 Å². The van der Waals surface area contributed by atoms with Crippen molar-refractivity contribution in [3.63, 3.8) is 0 Å². The first kappa shape index (κ1) is 14.0. The molecule has 1 aliphatic rings. The molecule has 1 aromatic carbocycles. The smallest absolute Gasteiger partial charge is 0.0491 e. The molecule has 0 radical (unpaired) electrons. The van der Waals surface area contributed by atoms with E-state index in [0.717, 1.165) is 5.92 Å². The van der Waals surface area contributed by atoms with Gasteiger partial charge >= 0.3 is 0 Å². The Bertz CT molecular complexity index is 397. The zero-order valence-electron chi connectivity index (χ0n) is 11.2. The van der Waals surface area contributed by atoms with E-state index in [4.69, 9.17) is 5.84 Å². The number of nitrogens with two attached hydrogens (primary N) is 1. The second-order valence-corrected chi connectivity index (χ2v) is 6.47. The van der Waals surface area contributed by atoms with Gasteiger partial charge in [0, 0.05) is 10.5 Å². The molecule has 2 rings (SSSR count). The number of rotatable bonds is 3. The van der Waals surface area contributed by atoms with Gasteiger partial charge in [-0.05, 0) is 48.8 Å². The third kappa shape index (κ3) is 2.95. The zero-order chi connectivity index (χ0) is 13.1. The topological polar surface area (TPSA) is 38.0 Å². The molecule has 2 nitrogen and oxygen atoms in total. The highest BCUT2D eigenvalue weighted by atomic mass is 79.9. The van der Waals surface area contributed by atoms with Crippen LogP contribution in [0.25, 0.3) is 0 Å². The van der Waals surface area contributed by atoms with Crippen LogP contribution < -0.4 is 11.3 Å². The van der Waals surface area contributed by atoms with E-state index in [-0.39, 0.29) is 6.04 Å². The Kier molecular flexibility index (Phi) is 4.82. The normalized spacial score (nSPS) is 26.0. The van der Waals surface area contributed by atoms with Gasteiger partial charge in [-0.15, -0.1) is 0 Å². The molecule has 1 atom stereocenters. The van der Waals surface area contributed by atoms with Crippen LogP contribution in [0.5, 0.6) is 0 Å². The van der Waals surface area contributed by atoms with Crippen LogP contribution >= 0.6 is 15.9 Å². The first-order chi connectivity index (χ1) is 8.63. The quantitative estimate of drug-likeness (QED) is 0.652. The molecule has 0 aliphatic heterocycles. The lowest BCUT2D eigenvalue weighted by molar-refractivity contribution is 0.232. The van der Waals surface area contributed by atoms with E-state index < -0.39 is 0 Å². The highest BCUT2D eigenvalue weighted by Gasteiger charge is 2.27. The van der Waals surface area contributed by atoms with Crippen LogP contribution in [0.3, 0.4) is 0 Å². The average molecular weight is 311 g/mol. The Hall–Kier alpha value is -0.380. The summed E-state index contributed by atoms with van der Waals surface area (Å²) in [6.07, 6.45) is 5.22. The fraction of sp³-hybridized carbons (Fsp3) is 0.600. The van der Waals surface area contributed by atoms with Gasteiger partial charge in [-0.3, -0.25) is 11.3 Å². The van der Waals surface area contributed by atoms with Gasteiger partial charge in [0.15, 0.2) is 0 Å². The van der Waals surface area contributed by atoms with Gasteiger partial charge < -0.3 is 0 Å². The summed E-state index contributed by atoms with van der Waals surface area (Å²) in [6, 6.07) is 6.68. The van der Waals surface area contributed by atoms with Crippen molar-refractivity contribution < 1.29 is 0 Å². The fourth-order valence-corrected chi connectivity index (χ4v) is 3.44. The molecule has 1 saturated carbocycles. The average Bonchev–Trinajstić information content (AvgIpc) is 2.37. The highest BCUT2D eigenvalue weighted by Crippen LogP contribution is 2.38. The summed E-state index contributed by atoms with van der Waals surface area (Å²) >= 11 is 3.61. The largest absolute Gasteiger partial charge is 0.271 e. The number of benzene rings is 1. The number of hydrazine groups is 1. The molecule has 1 aliphatic carbocycles. The monoisotopic (exact) mass is 310 g/mol. The molecule has 1 unspecified atom stereocenters. The van der Waals surface area contributed by atoms with Crippen LogP contribution in [0.15, 0.2) is 22.7 Å². The van der Waals surface area contributed by atoms with E-state index in [0.29, 0.717) is 5.92 Å². The SMILES string of the molecule is Cc1c(Br)cccc1C(NN)C1CCC(C)CC1. The van der Waals surface area contributed by atoms with Gasteiger partial charge in [0.05, 0.1) is 0 Å². The van der Waals surface area contributed by atoms with Gasteiger partial charge in [-0.1, -0.05) is 47.8 Å². The Labute approximate surface area is 118 Å². The molecule has 1 fully saturated rings. The van der Waals surface area contributed by atoms with Crippen LogP contribution in [-0.4, -0.2) is 0 Å². The lowest BCUT2D eigenvalue weighted by atomic mass is 9.77. The Balaban J connectivity index is 2.20. The number of halogens is 1. The second-order valence-electron chi connectivity index (χ2n) is 5.62. The van der Waals surface area contributed by atoms with Crippen molar-refractivity contribution in [2.75, 3.05) is 0 Å². The van der Waals surface area contributed by atoms with Crippen molar-refractivity contribution in [3.8, 4) is 0 Å². The molecule has 1 aromatic rings. The van der Waals surface area contributed by atoms with Crippen molar-refractivity contribution in [2.24, 2.45) is 17.7 Å². The van der Waals surface area contributed by atoms with Crippen LogP contribution in [0.4, 0.5) is 0 Å². The standard InChI is InChI=1S/C15H23BrN2/c1-10-6-8-12(9-7-10)15(18-17)13-4-3-5-14(16)11(13)2/h3-5,10,12,15,18H,6-9,17H2,1-2H3. The third-order valence-electron chi connectivity index (χ3n) is 4.36. The first-order valence-corrected chi connectivity index (χ1v) is 7.64. The van der Waals surface area contributed by atoms with E-state index in [1.54, 1.807) is 0 Å². The van der Waals surface area contributed by atoms with Gasteiger partial charge in [0.25, 0.3) is 0 Å². The summed E-state index contributed by atoms with van der Waals surface area (Å²) < 4.78 is 1.17. The van der Waals surface area contributed by atoms with Crippen molar-refractivity contribution in [2.45, 2.75) is 45.6 Å². The summed E-state index contributed by atoms with van der Waals surface area (Å²) in [5.74, 6) is 7.37. The Morgan fingerprint density at radius 3 is 2.56 bits per heavy atom. The minimum absolute atomic E-state index is 0.287. The lowest BCUT2D eigenvalue weighted by Gasteiger charge is -2.33. The van der Waals surface area contributed by atoms with Gasteiger partial charge in [-0.25, -0.2) is 0 Å². The van der Waals surface area contributed by atoms with Crippen LogP contribution in [0.2, 0.25) is 0 Å². The number of hydrogen-bond acceptors (Lipinski definition) is 2. The third-order valence-corrected chi connectivity index (χ3v) is 5.22. The molecule has 0 spiro atoms. The molecule has 0 saturated heterocycles. The molecule has 3 heteroatoms. The Morgan fingerprint density at radius 1 is 1.28 bits per heavy atom. The maximum Gasteiger partial charge on any atom is 0.0491 e. The van der Waals surface area contributed by atoms with Crippen LogP contribution in [0.1, 0.15) is 49.8 Å². The molecular formula is C15H23BrN2. The van der Waals surface area contributed by atoms with E-state index >= 15 is 0 Å². The maximum absolute atomic E-state index is 5.82. The predicted octanol–water partition coefficient (Wildman–Crippen LogP) is 4.09. The summed E-state index contributed by atoms with van der Waals surface area (Å²) in [5, 5.41) is 0. The molecule has 0 bridgehead atoms. The summed E-state index contributed by atoms with van der Waals surface area (Å²) in [4.78, 5) is 0. The van der Waals surface area contributed by atoms with E-state index in [2.05, 4.69) is 53.4 Å². The van der Waals surface area contributed by atoms with Gasteiger partial charge in [0.2, 0.25) is 0 Å². The fourth-order valence-electron chi connectivity index (χ4n) is 3.06. The number of hydrogen-bond donors (Lipinski definition) is 2. The molecule has 3 N–H and O–H groups in total. The summed E-state index contributed by atoms with van der Waals surface area (Å²) in [7, 11) is 0. The highest BCUT2D eigenvalue weighted by molar-refractivity contribution is 9.10. The van der Waals surface area contributed by atoms with Crippen LogP contribution in [0, 0.1) is 18.8 Å². The van der Waals surface area contributed by atoms with Crippen molar-refractivity contribution in [3.05, 3.63) is 33.8 Å². The Morgan fingerprint density at radius 2 is 1.94 bits per heavy atom. The molecular weight excluding hydrogens is 288 g/mol. The molecule has 0 amide bonds. The summed E-state index contributed by atoms with van der Waals surface area (Å²) in [5.41, 5.74) is 5.69. The van der Waals surface area contributed by atoms with Gasteiger partial charge in [0.1, 0.15) is 0 Å². The van der Waals surface area contributed by atoms with Crippen molar-refractivity contribution in [1.82, 2.24) is 5.43 Å². The lowest BCUT2D eigenvalue weighted by Crippen LogP contribution is -2.35. The molecule has 0 heterocycles. The van der Waals surface area contributed by atoms with E-state index in [1.807, 2.05) is 0 Å². The molecule has 100 valence electrons. The van der Waals surface area contributed by atoms with Crippen LogP contribution in [-0.2, 0) is 0 Å². The first-order valence-electron chi connectivity index (χ1n) is 6.84. The maximum atomic E-state index is 5.82. The minimum atomic E-state index is 0.287. The molecule has 18 heavy (non-hydrogen) atoms. The number of nitrogens with one attached hydrogen (secondary N) is 1. The minimum Gasteiger partial charge on any atom is -0.271 e. The van der Waals surface area contributed by atoms with E-state index in [9.17, 15) is 0 Å². The van der Waals surface area contributed by atoms with Crippen molar-refractivity contribution in [1.29, 1.82) is 0 Å². The van der Waals surface area contributed by atoms with Gasteiger partial charge in [-0.2, -0.15) is 0 Å². The molecule has 0 aromatic heterocycles. The second kappa shape index (κ2) is 6.18.